The molecule has 0 fully saturated rings. The lowest BCUT2D eigenvalue weighted by Gasteiger charge is -2.09. The van der Waals surface area contributed by atoms with Gasteiger partial charge in [0, 0.05) is 5.69 Å². The van der Waals surface area contributed by atoms with Crippen molar-refractivity contribution in [2.75, 3.05) is 0 Å². The molecule has 19 heavy (non-hydrogen) atoms. The largest absolute Gasteiger partial charge is 0.478 e. The van der Waals surface area contributed by atoms with E-state index in [2.05, 4.69) is 5.10 Å². The predicted molar refractivity (Wildman–Crippen MR) is 69.2 cm³/mol. The number of benzene rings is 1. The Hall–Kier alpha value is -2.17. The average molecular weight is 262 g/mol. The number of aryl methyl sites for hydroxylation is 2. The second kappa shape index (κ2) is 5.22. The molecule has 1 N–H and O–H groups in total. The number of carboxylic acids is 1. The fourth-order valence-corrected chi connectivity index (χ4v) is 2.01. The Balaban J connectivity index is 2.68. The van der Waals surface area contributed by atoms with Crippen molar-refractivity contribution in [1.82, 2.24) is 9.78 Å². The fraction of sp³-hybridized carbons (Fsp3) is 0.286. The van der Waals surface area contributed by atoms with Crippen LogP contribution in [0.2, 0.25) is 0 Å². The van der Waals surface area contributed by atoms with Gasteiger partial charge < -0.3 is 5.11 Å². The molecule has 0 spiro atoms. The molecule has 0 aliphatic carbocycles. The van der Waals surface area contributed by atoms with Gasteiger partial charge in [0.2, 0.25) is 0 Å². The van der Waals surface area contributed by atoms with Crippen molar-refractivity contribution in [2.45, 2.75) is 26.7 Å². The SMILES string of the molecule is CCc1cc(CC)n(-c2cccc(F)c2C(=O)O)n1. The van der Waals surface area contributed by atoms with Gasteiger partial charge in [0.05, 0.1) is 11.4 Å². The molecule has 0 amide bonds. The van der Waals surface area contributed by atoms with Gasteiger partial charge in [-0.15, -0.1) is 0 Å². The van der Waals surface area contributed by atoms with E-state index in [1.807, 2.05) is 19.9 Å². The third-order valence-electron chi connectivity index (χ3n) is 2.99. The Morgan fingerprint density at radius 3 is 2.68 bits per heavy atom. The highest BCUT2D eigenvalue weighted by molar-refractivity contribution is 5.92. The highest BCUT2D eigenvalue weighted by Crippen LogP contribution is 2.20. The van der Waals surface area contributed by atoms with Crippen LogP contribution in [0.1, 0.15) is 35.6 Å². The van der Waals surface area contributed by atoms with Gasteiger partial charge in [0.15, 0.2) is 0 Å². The number of carboxylic acid groups (broad SMARTS) is 1. The van der Waals surface area contributed by atoms with E-state index in [-0.39, 0.29) is 11.3 Å². The molecule has 1 heterocycles. The van der Waals surface area contributed by atoms with Crippen LogP contribution in [0, 0.1) is 5.82 Å². The lowest BCUT2D eigenvalue weighted by atomic mass is 10.1. The van der Waals surface area contributed by atoms with Crippen molar-refractivity contribution < 1.29 is 14.3 Å². The normalized spacial score (nSPS) is 10.7. The van der Waals surface area contributed by atoms with Crippen molar-refractivity contribution in [2.24, 2.45) is 0 Å². The third kappa shape index (κ3) is 2.36. The molecule has 1 aromatic carbocycles. The first-order valence-electron chi connectivity index (χ1n) is 6.18. The van der Waals surface area contributed by atoms with Gasteiger partial charge in [-0.25, -0.2) is 13.9 Å². The summed E-state index contributed by atoms with van der Waals surface area (Å²) in [6, 6.07) is 6.11. The minimum absolute atomic E-state index is 0.268. The van der Waals surface area contributed by atoms with E-state index in [0.29, 0.717) is 6.42 Å². The quantitative estimate of drug-likeness (QED) is 0.921. The first kappa shape index (κ1) is 13.3. The zero-order valence-corrected chi connectivity index (χ0v) is 10.9. The maximum Gasteiger partial charge on any atom is 0.340 e. The van der Waals surface area contributed by atoms with Crippen LogP contribution in [-0.4, -0.2) is 20.9 Å². The van der Waals surface area contributed by atoms with E-state index >= 15 is 0 Å². The number of nitrogens with zero attached hydrogens (tertiary/aromatic N) is 2. The Morgan fingerprint density at radius 2 is 2.11 bits per heavy atom. The van der Waals surface area contributed by atoms with E-state index in [1.54, 1.807) is 6.07 Å². The van der Waals surface area contributed by atoms with E-state index in [4.69, 9.17) is 5.11 Å². The Labute approximate surface area is 110 Å². The molecule has 0 aliphatic heterocycles. The highest BCUT2D eigenvalue weighted by atomic mass is 19.1. The molecule has 2 rings (SSSR count). The van der Waals surface area contributed by atoms with Crippen LogP contribution in [0.15, 0.2) is 24.3 Å². The summed E-state index contributed by atoms with van der Waals surface area (Å²) in [7, 11) is 0. The second-order valence-electron chi connectivity index (χ2n) is 4.19. The number of hydrogen-bond donors (Lipinski definition) is 1. The monoisotopic (exact) mass is 262 g/mol. The topological polar surface area (TPSA) is 55.1 Å². The van der Waals surface area contributed by atoms with Crippen molar-refractivity contribution in [1.29, 1.82) is 0 Å². The van der Waals surface area contributed by atoms with Gasteiger partial charge in [-0.1, -0.05) is 19.9 Å². The average Bonchev–Trinajstić information content (AvgIpc) is 2.81. The van der Waals surface area contributed by atoms with Crippen molar-refractivity contribution in [3.8, 4) is 5.69 Å². The van der Waals surface area contributed by atoms with Crippen LogP contribution in [0.4, 0.5) is 4.39 Å². The van der Waals surface area contributed by atoms with E-state index in [9.17, 15) is 9.18 Å². The van der Waals surface area contributed by atoms with Crippen LogP contribution in [0.25, 0.3) is 5.69 Å². The van der Waals surface area contributed by atoms with Crippen LogP contribution in [-0.2, 0) is 12.8 Å². The molecule has 0 atom stereocenters. The zero-order chi connectivity index (χ0) is 14.0. The number of rotatable bonds is 4. The maximum atomic E-state index is 13.7. The van der Waals surface area contributed by atoms with Gasteiger partial charge in [-0.05, 0) is 31.0 Å². The number of hydrogen-bond acceptors (Lipinski definition) is 2. The lowest BCUT2D eigenvalue weighted by Crippen LogP contribution is -2.11. The first-order chi connectivity index (χ1) is 9.08. The van der Waals surface area contributed by atoms with Crippen LogP contribution < -0.4 is 0 Å². The first-order valence-corrected chi connectivity index (χ1v) is 6.18. The summed E-state index contributed by atoms with van der Waals surface area (Å²) < 4.78 is 15.2. The van der Waals surface area contributed by atoms with E-state index < -0.39 is 11.8 Å². The summed E-state index contributed by atoms with van der Waals surface area (Å²) in [6.45, 7) is 3.92. The van der Waals surface area contributed by atoms with Crippen LogP contribution in [0.5, 0.6) is 0 Å². The summed E-state index contributed by atoms with van der Waals surface area (Å²) in [5.41, 5.74) is 1.65. The van der Waals surface area contributed by atoms with E-state index in [0.717, 1.165) is 23.9 Å². The Bertz CT molecular complexity index is 620. The standard InChI is InChI=1S/C14H15FN2O2/c1-3-9-8-10(4-2)17(16-9)12-7-5-6-11(15)13(12)14(18)19/h5-8H,3-4H2,1-2H3,(H,18,19). The second-order valence-corrected chi connectivity index (χ2v) is 4.19. The molecule has 0 saturated carbocycles. The summed E-state index contributed by atoms with van der Waals surface area (Å²) in [4.78, 5) is 11.2. The molecule has 0 radical (unpaired) electrons. The van der Waals surface area contributed by atoms with Gasteiger partial charge in [-0.2, -0.15) is 5.10 Å². The smallest absolute Gasteiger partial charge is 0.340 e. The molecular formula is C14H15FN2O2. The Kier molecular flexibility index (Phi) is 3.64. The molecular weight excluding hydrogens is 247 g/mol. The third-order valence-corrected chi connectivity index (χ3v) is 2.99. The van der Waals surface area contributed by atoms with Gasteiger partial charge >= 0.3 is 5.97 Å². The van der Waals surface area contributed by atoms with Crippen molar-refractivity contribution in [3.63, 3.8) is 0 Å². The minimum atomic E-state index is -1.29. The number of aromatic nitrogens is 2. The molecule has 100 valence electrons. The number of aromatic carboxylic acids is 1. The van der Waals surface area contributed by atoms with Crippen molar-refractivity contribution in [3.05, 3.63) is 47.0 Å². The van der Waals surface area contributed by atoms with Gasteiger partial charge in [-0.3, -0.25) is 0 Å². The Morgan fingerprint density at radius 1 is 1.37 bits per heavy atom. The maximum absolute atomic E-state index is 13.7. The highest BCUT2D eigenvalue weighted by Gasteiger charge is 2.19. The summed E-state index contributed by atoms with van der Waals surface area (Å²) in [5, 5.41) is 13.5. The van der Waals surface area contributed by atoms with Gasteiger partial charge in [0.1, 0.15) is 11.4 Å². The molecule has 0 saturated heterocycles. The number of halogens is 1. The molecule has 0 unspecified atom stereocenters. The fourth-order valence-electron chi connectivity index (χ4n) is 2.01. The van der Waals surface area contributed by atoms with Crippen molar-refractivity contribution >= 4 is 5.97 Å². The van der Waals surface area contributed by atoms with E-state index in [1.165, 1.54) is 10.7 Å². The van der Waals surface area contributed by atoms with Gasteiger partial charge in [0.25, 0.3) is 0 Å². The molecule has 4 nitrogen and oxygen atoms in total. The molecule has 2 aromatic rings. The zero-order valence-electron chi connectivity index (χ0n) is 10.9. The molecule has 5 heteroatoms. The lowest BCUT2D eigenvalue weighted by molar-refractivity contribution is 0.0691. The minimum Gasteiger partial charge on any atom is -0.478 e. The van der Waals surface area contributed by atoms with Crippen LogP contribution >= 0.6 is 0 Å². The molecule has 0 bridgehead atoms. The molecule has 0 aliphatic rings. The van der Waals surface area contributed by atoms with Crippen LogP contribution in [0.3, 0.4) is 0 Å². The summed E-state index contributed by atoms with van der Waals surface area (Å²) in [6.07, 6.45) is 1.44. The number of carbonyl (C=O) groups is 1. The predicted octanol–water partition coefficient (Wildman–Crippen LogP) is 2.83. The summed E-state index contributed by atoms with van der Waals surface area (Å²) in [5.74, 6) is -2.04. The molecule has 1 aromatic heterocycles. The summed E-state index contributed by atoms with van der Waals surface area (Å²) >= 11 is 0.